The van der Waals surface area contributed by atoms with Crippen molar-refractivity contribution in [3.63, 3.8) is 0 Å². The highest BCUT2D eigenvalue weighted by molar-refractivity contribution is 7.90. The Kier molecular flexibility index (Phi) is 4.16. The summed E-state index contributed by atoms with van der Waals surface area (Å²) in [6.45, 7) is 5.78. The molecule has 2 bridgehead atoms. The fraction of sp³-hybridized carbons (Fsp3) is 0.765. The molecule has 3 aliphatic rings. The number of amides is 1. The van der Waals surface area contributed by atoms with Gasteiger partial charge in [-0.05, 0) is 18.8 Å². The van der Waals surface area contributed by atoms with Crippen LogP contribution in [0.2, 0.25) is 0 Å². The lowest BCUT2D eigenvalue weighted by Gasteiger charge is -2.39. The monoisotopic (exact) mass is 382 g/mol. The SMILES string of the molecule is CC(C)CCN1C[C@]23CN(C(=O)c4cncn4C)C[C@H](C[C@H]2S1(=O)=O)O3. The molecular formula is C17H26N4O4S. The number of likely N-dealkylation sites (tertiary alicyclic amines) is 1. The topological polar surface area (TPSA) is 84.7 Å². The Bertz CT molecular complexity index is 820. The second kappa shape index (κ2) is 6.03. The molecule has 3 saturated heterocycles. The minimum Gasteiger partial charge on any atom is -0.365 e. The fourth-order valence-electron chi connectivity index (χ4n) is 4.43. The summed E-state index contributed by atoms with van der Waals surface area (Å²) in [6, 6.07) is 0. The fourth-order valence-corrected chi connectivity index (χ4v) is 6.76. The van der Waals surface area contributed by atoms with Crippen LogP contribution in [0.4, 0.5) is 0 Å². The predicted octanol–water partition coefficient (Wildman–Crippen LogP) is 0.464. The number of carbonyl (C=O) groups is 1. The summed E-state index contributed by atoms with van der Waals surface area (Å²) in [4.78, 5) is 18.6. The summed E-state index contributed by atoms with van der Waals surface area (Å²) in [7, 11) is -1.60. The third-order valence-corrected chi connectivity index (χ3v) is 8.16. The van der Waals surface area contributed by atoms with Crippen molar-refractivity contribution in [1.82, 2.24) is 18.8 Å². The second-order valence-electron chi connectivity index (χ2n) is 8.17. The first kappa shape index (κ1) is 17.9. The van der Waals surface area contributed by atoms with Crippen molar-refractivity contribution in [3.8, 4) is 0 Å². The molecule has 0 saturated carbocycles. The first-order chi connectivity index (χ1) is 12.2. The van der Waals surface area contributed by atoms with E-state index in [1.807, 2.05) is 0 Å². The molecule has 3 aliphatic heterocycles. The summed E-state index contributed by atoms with van der Waals surface area (Å²) in [5, 5.41) is -0.545. The number of hydrogen-bond acceptors (Lipinski definition) is 5. The minimum atomic E-state index is -3.38. The minimum absolute atomic E-state index is 0.114. The molecule has 1 aromatic rings. The zero-order valence-corrected chi connectivity index (χ0v) is 16.3. The van der Waals surface area contributed by atoms with Crippen LogP contribution in [0, 0.1) is 5.92 Å². The van der Waals surface area contributed by atoms with E-state index in [0.717, 1.165) is 6.42 Å². The van der Waals surface area contributed by atoms with Gasteiger partial charge in [0.15, 0.2) is 0 Å². The van der Waals surface area contributed by atoms with Gasteiger partial charge in [-0.1, -0.05) is 13.8 Å². The van der Waals surface area contributed by atoms with E-state index in [1.165, 1.54) is 0 Å². The third kappa shape index (κ3) is 2.68. The van der Waals surface area contributed by atoms with Gasteiger partial charge in [0.2, 0.25) is 10.0 Å². The average Bonchev–Trinajstić information content (AvgIpc) is 3.16. The van der Waals surface area contributed by atoms with E-state index in [0.29, 0.717) is 44.2 Å². The first-order valence-electron chi connectivity index (χ1n) is 9.15. The van der Waals surface area contributed by atoms with E-state index in [1.54, 1.807) is 33.3 Å². The normalized spacial score (nSPS) is 33.0. The van der Waals surface area contributed by atoms with Crippen LogP contribution in [0.1, 0.15) is 37.2 Å². The molecule has 0 aromatic carbocycles. The number of aryl methyl sites for hydroxylation is 1. The van der Waals surface area contributed by atoms with Crippen LogP contribution in [0.3, 0.4) is 0 Å². The largest absolute Gasteiger partial charge is 0.365 e. The van der Waals surface area contributed by atoms with E-state index >= 15 is 0 Å². The molecule has 26 heavy (non-hydrogen) atoms. The van der Waals surface area contributed by atoms with Gasteiger partial charge in [0.25, 0.3) is 5.91 Å². The van der Waals surface area contributed by atoms with Gasteiger partial charge in [-0.3, -0.25) is 4.79 Å². The Hall–Kier alpha value is -1.45. The highest BCUT2D eigenvalue weighted by Gasteiger charge is 2.65. The van der Waals surface area contributed by atoms with Crippen molar-refractivity contribution >= 4 is 15.9 Å². The van der Waals surface area contributed by atoms with Crippen LogP contribution >= 0.6 is 0 Å². The summed E-state index contributed by atoms with van der Waals surface area (Å²) in [5.74, 6) is 0.322. The summed E-state index contributed by atoms with van der Waals surface area (Å²) in [5.41, 5.74) is -0.288. The van der Waals surface area contributed by atoms with Crippen molar-refractivity contribution in [2.45, 2.75) is 43.6 Å². The van der Waals surface area contributed by atoms with Crippen LogP contribution in [-0.2, 0) is 21.8 Å². The zero-order valence-electron chi connectivity index (χ0n) is 15.5. The number of ether oxygens (including phenoxy) is 1. The van der Waals surface area contributed by atoms with Crippen molar-refractivity contribution in [2.75, 3.05) is 26.2 Å². The molecule has 1 spiro atoms. The molecule has 0 radical (unpaired) electrons. The van der Waals surface area contributed by atoms with Crippen LogP contribution in [0.15, 0.2) is 12.5 Å². The van der Waals surface area contributed by atoms with Gasteiger partial charge in [0.1, 0.15) is 16.5 Å². The smallest absolute Gasteiger partial charge is 0.272 e. The van der Waals surface area contributed by atoms with Crippen molar-refractivity contribution in [3.05, 3.63) is 18.2 Å². The number of rotatable bonds is 4. The predicted molar refractivity (Wildman–Crippen MR) is 95.1 cm³/mol. The standard InChI is InChI=1S/C17H26N4O4S/c1-12(2)4-5-21-10-17-9-20(16(22)14-7-18-11-19(14)3)8-13(25-17)6-15(17)26(21,23)24/h7,11-13,15H,4-6,8-10H2,1-3H3/t13-,15+,17+/m0/s1. The van der Waals surface area contributed by atoms with E-state index in [2.05, 4.69) is 18.8 Å². The lowest BCUT2D eigenvalue weighted by molar-refractivity contribution is -0.0979. The highest BCUT2D eigenvalue weighted by Crippen LogP contribution is 2.46. The van der Waals surface area contributed by atoms with Crippen molar-refractivity contribution < 1.29 is 17.9 Å². The van der Waals surface area contributed by atoms with E-state index in [-0.39, 0.29) is 12.0 Å². The Morgan fingerprint density at radius 2 is 2.19 bits per heavy atom. The maximum absolute atomic E-state index is 13.0. The Morgan fingerprint density at radius 3 is 2.85 bits per heavy atom. The quantitative estimate of drug-likeness (QED) is 0.755. The third-order valence-electron chi connectivity index (χ3n) is 5.79. The van der Waals surface area contributed by atoms with Crippen LogP contribution in [0.5, 0.6) is 0 Å². The molecule has 144 valence electrons. The van der Waals surface area contributed by atoms with Gasteiger partial charge in [-0.25, -0.2) is 13.4 Å². The Balaban J connectivity index is 1.58. The molecule has 0 N–H and O–H groups in total. The van der Waals surface area contributed by atoms with Gasteiger partial charge >= 0.3 is 0 Å². The van der Waals surface area contributed by atoms with Crippen molar-refractivity contribution in [1.29, 1.82) is 0 Å². The number of aromatic nitrogens is 2. The van der Waals surface area contributed by atoms with Crippen LogP contribution in [-0.4, -0.2) is 76.2 Å². The summed E-state index contributed by atoms with van der Waals surface area (Å²) >= 11 is 0. The Morgan fingerprint density at radius 1 is 1.42 bits per heavy atom. The number of nitrogens with zero attached hydrogens (tertiary/aromatic N) is 4. The van der Waals surface area contributed by atoms with E-state index < -0.39 is 20.9 Å². The lowest BCUT2D eigenvalue weighted by atomic mass is 9.99. The lowest BCUT2D eigenvalue weighted by Crippen LogP contribution is -2.56. The van der Waals surface area contributed by atoms with Gasteiger partial charge in [-0.2, -0.15) is 4.31 Å². The van der Waals surface area contributed by atoms with E-state index in [4.69, 9.17) is 4.74 Å². The van der Waals surface area contributed by atoms with Crippen LogP contribution in [0.25, 0.3) is 0 Å². The van der Waals surface area contributed by atoms with Crippen molar-refractivity contribution in [2.24, 2.45) is 13.0 Å². The molecule has 3 atom stereocenters. The molecule has 0 unspecified atom stereocenters. The van der Waals surface area contributed by atoms with Gasteiger partial charge in [0, 0.05) is 26.7 Å². The number of fused-ring (bicyclic) bond motifs is 1. The maximum atomic E-state index is 13.0. The molecule has 4 heterocycles. The zero-order chi connectivity index (χ0) is 18.7. The summed E-state index contributed by atoms with van der Waals surface area (Å²) < 4.78 is 35.5. The average molecular weight is 382 g/mol. The molecule has 3 fully saturated rings. The molecule has 4 rings (SSSR count). The molecular weight excluding hydrogens is 356 g/mol. The van der Waals surface area contributed by atoms with Gasteiger partial charge in [-0.15, -0.1) is 0 Å². The second-order valence-corrected chi connectivity index (χ2v) is 10.3. The number of morpholine rings is 1. The first-order valence-corrected chi connectivity index (χ1v) is 10.7. The molecule has 8 nitrogen and oxygen atoms in total. The number of imidazole rings is 1. The Labute approximate surface area is 154 Å². The van der Waals surface area contributed by atoms with Crippen LogP contribution < -0.4 is 0 Å². The van der Waals surface area contributed by atoms with E-state index in [9.17, 15) is 13.2 Å². The number of sulfonamides is 1. The highest BCUT2D eigenvalue weighted by atomic mass is 32.2. The molecule has 1 aromatic heterocycles. The van der Waals surface area contributed by atoms with Gasteiger partial charge in [0.05, 0.1) is 25.2 Å². The molecule has 9 heteroatoms. The number of hydrogen-bond donors (Lipinski definition) is 0. The number of carbonyl (C=O) groups excluding carboxylic acids is 1. The molecule has 1 amide bonds. The molecule has 0 aliphatic carbocycles. The maximum Gasteiger partial charge on any atom is 0.272 e. The van der Waals surface area contributed by atoms with Gasteiger partial charge < -0.3 is 14.2 Å². The summed E-state index contributed by atoms with van der Waals surface area (Å²) in [6.07, 6.45) is 4.22.